The van der Waals surface area contributed by atoms with E-state index in [0.29, 0.717) is 0 Å². The van der Waals surface area contributed by atoms with E-state index in [2.05, 4.69) is 11.8 Å². The third-order valence-corrected chi connectivity index (χ3v) is 4.88. The number of nitrogens with zero attached hydrogens (tertiary/aromatic N) is 1. The Morgan fingerprint density at radius 2 is 1.68 bits per heavy atom. The quantitative estimate of drug-likeness (QED) is 0.456. The van der Waals surface area contributed by atoms with Gasteiger partial charge in [-0.3, -0.25) is 0 Å². The molecule has 1 aromatic carbocycles. The van der Waals surface area contributed by atoms with Crippen molar-refractivity contribution in [3.63, 3.8) is 0 Å². The third-order valence-electron chi connectivity index (χ3n) is 4.63. The van der Waals surface area contributed by atoms with Crippen molar-refractivity contribution < 1.29 is 24.5 Å². The van der Waals surface area contributed by atoms with Gasteiger partial charge in [0.15, 0.2) is 0 Å². The Bertz CT molecular complexity index is 567. The van der Waals surface area contributed by atoms with Gasteiger partial charge >= 0.3 is 11.9 Å². The standard InChI is InChI=1S/C19H30ClNO.C2H2O4/c1-17-8-7-14-21(16-17)13-5-3-2-4-6-15-22-19-11-9-18(20)10-12-19;3-1(4)2(5)6/h9-12,17H,2-8,13-16H2,1H3;(H,3,4)(H,5,6). The van der Waals surface area contributed by atoms with Gasteiger partial charge in [-0.05, 0) is 69.0 Å². The van der Waals surface area contributed by atoms with Crippen molar-refractivity contribution in [2.24, 2.45) is 5.92 Å². The van der Waals surface area contributed by atoms with Gasteiger partial charge in [-0.2, -0.15) is 0 Å². The number of carboxylic acids is 2. The first kappa shape index (κ1) is 24.2. The smallest absolute Gasteiger partial charge is 0.414 e. The summed E-state index contributed by atoms with van der Waals surface area (Å²) in [5.41, 5.74) is 0. The number of aliphatic carboxylic acids is 2. The van der Waals surface area contributed by atoms with Crippen LogP contribution in [0.4, 0.5) is 0 Å². The lowest BCUT2D eigenvalue weighted by atomic mass is 10.00. The molecule has 1 saturated heterocycles. The number of halogens is 1. The molecular weight excluding hydrogens is 382 g/mol. The van der Waals surface area contributed by atoms with E-state index in [1.165, 1.54) is 58.2 Å². The predicted octanol–water partition coefficient (Wildman–Crippen LogP) is 4.56. The molecule has 0 aromatic heterocycles. The molecule has 0 aliphatic carbocycles. The largest absolute Gasteiger partial charge is 0.494 e. The number of piperidine rings is 1. The number of unbranched alkanes of at least 4 members (excludes halogenated alkanes) is 4. The molecule has 1 aliphatic rings. The van der Waals surface area contributed by atoms with Gasteiger partial charge in [0.1, 0.15) is 5.75 Å². The second-order valence-electron chi connectivity index (χ2n) is 7.23. The van der Waals surface area contributed by atoms with Crippen LogP contribution in [0.15, 0.2) is 24.3 Å². The average molecular weight is 414 g/mol. The van der Waals surface area contributed by atoms with Crippen molar-refractivity contribution in [1.29, 1.82) is 0 Å². The molecule has 1 aliphatic heterocycles. The Morgan fingerprint density at radius 3 is 2.29 bits per heavy atom. The van der Waals surface area contributed by atoms with E-state index < -0.39 is 11.9 Å². The van der Waals surface area contributed by atoms with Crippen LogP contribution in [0.2, 0.25) is 5.02 Å². The number of hydrogen-bond acceptors (Lipinski definition) is 4. The number of hydrogen-bond donors (Lipinski definition) is 2. The number of ether oxygens (including phenoxy) is 1. The third kappa shape index (κ3) is 11.8. The summed E-state index contributed by atoms with van der Waals surface area (Å²) in [6, 6.07) is 7.61. The lowest BCUT2D eigenvalue weighted by molar-refractivity contribution is -0.159. The normalized spacial score (nSPS) is 16.7. The molecule has 2 N–H and O–H groups in total. The molecule has 1 unspecified atom stereocenters. The fourth-order valence-corrected chi connectivity index (χ4v) is 3.30. The van der Waals surface area contributed by atoms with Crippen molar-refractivity contribution in [3.05, 3.63) is 29.3 Å². The highest BCUT2D eigenvalue weighted by atomic mass is 35.5. The molecule has 0 amide bonds. The first-order valence-corrected chi connectivity index (χ1v) is 10.3. The summed E-state index contributed by atoms with van der Waals surface area (Å²) in [7, 11) is 0. The second-order valence-corrected chi connectivity index (χ2v) is 7.66. The fourth-order valence-electron chi connectivity index (χ4n) is 3.18. The number of carboxylic acid groups (broad SMARTS) is 2. The van der Waals surface area contributed by atoms with Crippen molar-refractivity contribution in [2.75, 3.05) is 26.2 Å². The Morgan fingerprint density at radius 1 is 1.07 bits per heavy atom. The maximum atomic E-state index is 9.10. The molecule has 2 rings (SSSR count). The van der Waals surface area contributed by atoms with E-state index in [0.717, 1.165) is 29.7 Å². The highest BCUT2D eigenvalue weighted by Gasteiger charge is 2.15. The summed E-state index contributed by atoms with van der Waals surface area (Å²) in [6.07, 6.45) is 9.25. The van der Waals surface area contributed by atoms with Crippen LogP contribution >= 0.6 is 11.6 Å². The van der Waals surface area contributed by atoms with Gasteiger partial charge in [0.2, 0.25) is 0 Å². The first-order valence-electron chi connectivity index (χ1n) is 9.95. The molecule has 0 bridgehead atoms. The van der Waals surface area contributed by atoms with Crippen LogP contribution in [-0.4, -0.2) is 53.3 Å². The lowest BCUT2D eigenvalue weighted by Gasteiger charge is -2.30. The number of benzene rings is 1. The first-order chi connectivity index (χ1) is 13.4. The molecule has 1 heterocycles. The van der Waals surface area contributed by atoms with Crippen LogP contribution in [0.5, 0.6) is 5.75 Å². The number of likely N-dealkylation sites (tertiary alicyclic amines) is 1. The van der Waals surface area contributed by atoms with E-state index >= 15 is 0 Å². The highest BCUT2D eigenvalue weighted by molar-refractivity contribution is 6.30. The van der Waals surface area contributed by atoms with Crippen molar-refractivity contribution in [3.8, 4) is 5.75 Å². The topological polar surface area (TPSA) is 87.1 Å². The summed E-state index contributed by atoms with van der Waals surface area (Å²) in [5.74, 6) is -1.83. The molecule has 1 atom stereocenters. The van der Waals surface area contributed by atoms with E-state index in [-0.39, 0.29) is 0 Å². The summed E-state index contributed by atoms with van der Waals surface area (Å²) in [6.45, 7) is 7.12. The van der Waals surface area contributed by atoms with E-state index in [1.807, 2.05) is 24.3 Å². The highest BCUT2D eigenvalue weighted by Crippen LogP contribution is 2.17. The van der Waals surface area contributed by atoms with Crippen LogP contribution in [-0.2, 0) is 9.59 Å². The predicted molar refractivity (Wildman–Crippen MR) is 110 cm³/mol. The Kier molecular flexibility index (Phi) is 12.3. The van der Waals surface area contributed by atoms with Crippen molar-refractivity contribution in [1.82, 2.24) is 4.90 Å². The second kappa shape index (κ2) is 14.2. The van der Waals surface area contributed by atoms with Crippen LogP contribution in [0.3, 0.4) is 0 Å². The number of rotatable bonds is 9. The zero-order valence-electron chi connectivity index (χ0n) is 16.6. The molecule has 0 radical (unpaired) electrons. The van der Waals surface area contributed by atoms with Crippen molar-refractivity contribution >= 4 is 23.5 Å². The fraction of sp³-hybridized carbons (Fsp3) is 0.619. The molecule has 0 saturated carbocycles. The van der Waals surface area contributed by atoms with E-state index in [1.54, 1.807) is 0 Å². The average Bonchev–Trinajstić information content (AvgIpc) is 2.66. The summed E-state index contributed by atoms with van der Waals surface area (Å²) < 4.78 is 5.71. The lowest BCUT2D eigenvalue weighted by Crippen LogP contribution is -2.34. The minimum atomic E-state index is -1.82. The van der Waals surface area contributed by atoms with Gasteiger partial charge in [0, 0.05) is 11.6 Å². The molecule has 0 spiro atoms. The monoisotopic (exact) mass is 413 g/mol. The summed E-state index contributed by atoms with van der Waals surface area (Å²) >= 11 is 5.85. The van der Waals surface area contributed by atoms with Gasteiger partial charge in [0.05, 0.1) is 6.61 Å². The van der Waals surface area contributed by atoms with Gasteiger partial charge in [-0.25, -0.2) is 9.59 Å². The van der Waals surface area contributed by atoms with Gasteiger partial charge in [-0.15, -0.1) is 0 Å². The maximum absolute atomic E-state index is 9.10. The molecule has 6 nitrogen and oxygen atoms in total. The van der Waals surface area contributed by atoms with Crippen molar-refractivity contribution in [2.45, 2.75) is 51.9 Å². The SMILES string of the molecule is CC1CCCN(CCCCCCCOc2ccc(Cl)cc2)C1.O=C(O)C(=O)O. The van der Waals surface area contributed by atoms with Crippen LogP contribution in [0.1, 0.15) is 51.9 Å². The molecular formula is C21H32ClNO5. The number of carbonyl (C=O) groups is 2. The zero-order chi connectivity index (χ0) is 20.8. The molecule has 7 heteroatoms. The Balaban J connectivity index is 0.000000568. The molecule has 1 fully saturated rings. The van der Waals surface area contributed by atoms with Crippen LogP contribution in [0, 0.1) is 5.92 Å². The zero-order valence-corrected chi connectivity index (χ0v) is 17.4. The van der Waals surface area contributed by atoms with E-state index in [4.69, 9.17) is 36.1 Å². The Hall–Kier alpha value is -1.79. The van der Waals surface area contributed by atoms with Crippen LogP contribution in [0.25, 0.3) is 0 Å². The summed E-state index contributed by atoms with van der Waals surface area (Å²) in [4.78, 5) is 20.8. The minimum absolute atomic E-state index is 0.760. The maximum Gasteiger partial charge on any atom is 0.414 e. The Labute approximate surface area is 172 Å². The molecule has 28 heavy (non-hydrogen) atoms. The molecule has 1 aromatic rings. The summed E-state index contributed by atoms with van der Waals surface area (Å²) in [5, 5.41) is 15.5. The van der Waals surface area contributed by atoms with Gasteiger partial charge in [0.25, 0.3) is 0 Å². The van der Waals surface area contributed by atoms with Gasteiger partial charge < -0.3 is 19.8 Å². The van der Waals surface area contributed by atoms with Crippen LogP contribution < -0.4 is 4.74 Å². The van der Waals surface area contributed by atoms with Gasteiger partial charge in [-0.1, -0.05) is 37.8 Å². The van der Waals surface area contributed by atoms with E-state index in [9.17, 15) is 0 Å². The molecule has 158 valence electrons. The minimum Gasteiger partial charge on any atom is -0.494 e.